The van der Waals surface area contributed by atoms with Crippen LogP contribution in [0.3, 0.4) is 0 Å². The maximum atomic E-state index is 13.2. The normalized spacial score (nSPS) is 11.7. The molecule has 5 heteroatoms. The first-order valence-corrected chi connectivity index (χ1v) is 8.25. The highest BCUT2D eigenvalue weighted by molar-refractivity contribution is 5.79. The van der Waals surface area contributed by atoms with Crippen molar-refractivity contribution in [3.05, 3.63) is 70.5 Å². The van der Waals surface area contributed by atoms with Crippen molar-refractivity contribution in [1.82, 2.24) is 9.97 Å². The molecule has 0 spiro atoms. The van der Waals surface area contributed by atoms with Crippen LogP contribution in [0.15, 0.2) is 42.6 Å². The number of alkyl halides is 3. The molecule has 1 heterocycles. The molecule has 2 aromatic carbocycles. The Balaban J connectivity index is 2.26. The van der Waals surface area contributed by atoms with Gasteiger partial charge in [0.25, 0.3) is 0 Å². The van der Waals surface area contributed by atoms with Gasteiger partial charge in [0, 0.05) is 17.3 Å². The Labute approximate surface area is 150 Å². The summed E-state index contributed by atoms with van der Waals surface area (Å²) in [7, 11) is 0. The van der Waals surface area contributed by atoms with Crippen LogP contribution in [0.1, 0.15) is 27.9 Å². The fourth-order valence-corrected chi connectivity index (χ4v) is 3.08. The largest absolute Gasteiger partial charge is 0.416 e. The van der Waals surface area contributed by atoms with Crippen LogP contribution in [0.4, 0.5) is 13.2 Å². The average molecular weight is 356 g/mol. The summed E-state index contributed by atoms with van der Waals surface area (Å²) in [6, 6.07) is 9.97. The van der Waals surface area contributed by atoms with Gasteiger partial charge in [-0.3, -0.25) is 4.98 Å². The standard InChI is InChI=1S/C21H19F3N2/c1-12-5-13(2)7-16(6-12)20-19(25-11-15(4)26-20)17-8-14(3)9-18(10-17)21(22,23)24/h5-11H,1-4H3. The van der Waals surface area contributed by atoms with Gasteiger partial charge in [0.15, 0.2) is 0 Å². The van der Waals surface area contributed by atoms with Gasteiger partial charge in [-0.05, 0) is 63.6 Å². The maximum Gasteiger partial charge on any atom is 0.416 e. The van der Waals surface area contributed by atoms with Gasteiger partial charge in [0.1, 0.15) is 0 Å². The molecule has 0 atom stereocenters. The first-order valence-electron chi connectivity index (χ1n) is 8.25. The third-order valence-electron chi connectivity index (χ3n) is 4.07. The molecule has 1 aromatic heterocycles. The molecule has 0 unspecified atom stereocenters. The molecular weight excluding hydrogens is 337 g/mol. The summed E-state index contributed by atoms with van der Waals surface area (Å²) in [5.41, 5.74) is 5.01. The summed E-state index contributed by atoms with van der Waals surface area (Å²) in [5.74, 6) is 0. The molecular formula is C21H19F3N2. The highest BCUT2D eigenvalue weighted by Crippen LogP contribution is 2.36. The van der Waals surface area contributed by atoms with Crippen LogP contribution in [0.25, 0.3) is 22.5 Å². The van der Waals surface area contributed by atoms with Crippen LogP contribution in [-0.2, 0) is 6.18 Å². The van der Waals surface area contributed by atoms with E-state index >= 15 is 0 Å². The minimum absolute atomic E-state index is 0.416. The Bertz CT molecular complexity index is 955. The van der Waals surface area contributed by atoms with Crippen LogP contribution in [0, 0.1) is 27.7 Å². The van der Waals surface area contributed by atoms with Gasteiger partial charge in [-0.25, -0.2) is 4.98 Å². The van der Waals surface area contributed by atoms with Gasteiger partial charge in [-0.15, -0.1) is 0 Å². The lowest BCUT2D eigenvalue weighted by molar-refractivity contribution is -0.137. The number of halogens is 3. The fourth-order valence-electron chi connectivity index (χ4n) is 3.08. The van der Waals surface area contributed by atoms with Gasteiger partial charge in [0.2, 0.25) is 0 Å². The van der Waals surface area contributed by atoms with Crippen molar-refractivity contribution >= 4 is 0 Å². The van der Waals surface area contributed by atoms with Crippen molar-refractivity contribution in [3.63, 3.8) is 0 Å². The molecule has 3 aromatic rings. The Kier molecular flexibility index (Phi) is 4.57. The SMILES string of the molecule is Cc1cc(C)cc(-c2nc(C)cnc2-c2cc(C)cc(C(F)(F)F)c2)c1. The highest BCUT2D eigenvalue weighted by atomic mass is 19.4. The van der Waals surface area contributed by atoms with Crippen molar-refractivity contribution in [2.24, 2.45) is 0 Å². The zero-order valence-electron chi connectivity index (χ0n) is 15.1. The number of nitrogens with zero attached hydrogens (tertiary/aromatic N) is 2. The third-order valence-corrected chi connectivity index (χ3v) is 4.07. The summed E-state index contributed by atoms with van der Waals surface area (Å²) in [6.07, 6.45) is -2.82. The molecule has 134 valence electrons. The molecule has 0 amide bonds. The quantitative estimate of drug-likeness (QED) is 0.557. The molecule has 0 N–H and O–H groups in total. The summed E-state index contributed by atoms with van der Waals surface area (Å²) in [6.45, 7) is 7.43. The molecule has 0 bridgehead atoms. The summed E-state index contributed by atoms with van der Waals surface area (Å²) in [4.78, 5) is 9.00. The monoisotopic (exact) mass is 356 g/mol. The second-order valence-corrected chi connectivity index (χ2v) is 6.67. The molecule has 26 heavy (non-hydrogen) atoms. The Morgan fingerprint density at radius 2 is 1.23 bits per heavy atom. The Morgan fingerprint density at radius 1 is 0.692 bits per heavy atom. The molecule has 0 radical (unpaired) electrons. The van der Waals surface area contributed by atoms with Crippen LogP contribution in [-0.4, -0.2) is 9.97 Å². The maximum absolute atomic E-state index is 13.2. The lowest BCUT2D eigenvalue weighted by Crippen LogP contribution is -2.06. The minimum atomic E-state index is -4.40. The molecule has 0 aliphatic heterocycles. The first kappa shape index (κ1) is 18.1. The topological polar surface area (TPSA) is 25.8 Å². The molecule has 0 aliphatic carbocycles. The van der Waals surface area contributed by atoms with E-state index in [1.54, 1.807) is 19.2 Å². The summed E-state index contributed by atoms with van der Waals surface area (Å²) < 4.78 is 39.7. The number of hydrogen-bond donors (Lipinski definition) is 0. The molecule has 0 saturated carbocycles. The Hall–Kier alpha value is -2.69. The van der Waals surface area contributed by atoms with Crippen LogP contribution in [0.2, 0.25) is 0 Å². The fraction of sp³-hybridized carbons (Fsp3) is 0.238. The van der Waals surface area contributed by atoms with E-state index in [9.17, 15) is 13.2 Å². The minimum Gasteiger partial charge on any atom is -0.252 e. The van der Waals surface area contributed by atoms with Crippen LogP contribution >= 0.6 is 0 Å². The van der Waals surface area contributed by atoms with Crippen LogP contribution in [0.5, 0.6) is 0 Å². The van der Waals surface area contributed by atoms with Crippen molar-refractivity contribution in [2.45, 2.75) is 33.9 Å². The van der Waals surface area contributed by atoms with E-state index in [-0.39, 0.29) is 0 Å². The zero-order valence-corrected chi connectivity index (χ0v) is 15.1. The number of benzene rings is 2. The third kappa shape index (κ3) is 3.77. The molecule has 0 saturated heterocycles. The second-order valence-electron chi connectivity index (χ2n) is 6.67. The smallest absolute Gasteiger partial charge is 0.252 e. The molecule has 0 fully saturated rings. The van der Waals surface area contributed by atoms with Gasteiger partial charge in [0.05, 0.1) is 22.6 Å². The second kappa shape index (κ2) is 6.56. The van der Waals surface area contributed by atoms with Crippen molar-refractivity contribution in [1.29, 1.82) is 0 Å². The van der Waals surface area contributed by atoms with E-state index in [0.29, 0.717) is 28.2 Å². The average Bonchev–Trinajstić information content (AvgIpc) is 2.52. The van der Waals surface area contributed by atoms with Crippen molar-refractivity contribution in [3.8, 4) is 22.5 Å². The van der Waals surface area contributed by atoms with Gasteiger partial charge >= 0.3 is 6.18 Å². The lowest BCUT2D eigenvalue weighted by Gasteiger charge is -2.14. The number of hydrogen-bond acceptors (Lipinski definition) is 2. The van der Waals surface area contributed by atoms with Gasteiger partial charge < -0.3 is 0 Å². The van der Waals surface area contributed by atoms with E-state index in [2.05, 4.69) is 9.97 Å². The zero-order chi connectivity index (χ0) is 19.1. The van der Waals surface area contributed by atoms with Gasteiger partial charge in [-0.1, -0.05) is 17.2 Å². The van der Waals surface area contributed by atoms with Crippen molar-refractivity contribution < 1.29 is 13.2 Å². The molecule has 3 rings (SSSR count). The highest BCUT2D eigenvalue weighted by Gasteiger charge is 2.31. The van der Waals surface area contributed by atoms with E-state index in [1.807, 2.05) is 39.0 Å². The Morgan fingerprint density at radius 3 is 1.81 bits per heavy atom. The predicted molar refractivity (Wildman–Crippen MR) is 96.9 cm³/mol. The summed E-state index contributed by atoms with van der Waals surface area (Å²) in [5, 5.41) is 0. The summed E-state index contributed by atoms with van der Waals surface area (Å²) >= 11 is 0. The predicted octanol–water partition coefficient (Wildman–Crippen LogP) is 6.06. The van der Waals surface area contributed by atoms with Crippen molar-refractivity contribution in [2.75, 3.05) is 0 Å². The lowest BCUT2D eigenvalue weighted by atomic mass is 9.98. The number of rotatable bonds is 2. The number of aryl methyl sites for hydroxylation is 4. The molecule has 2 nitrogen and oxygen atoms in total. The van der Waals surface area contributed by atoms with Gasteiger partial charge in [-0.2, -0.15) is 13.2 Å². The van der Waals surface area contributed by atoms with E-state index < -0.39 is 11.7 Å². The van der Waals surface area contributed by atoms with Crippen LogP contribution < -0.4 is 0 Å². The van der Waals surface area contributed by atoms with E-state index in [4.69, 9.17) is 0 Å². The van der Waals surface area contributed by atoms with E-state index in [0.717, 1.165) is 28.8 Å². The first-order chi connectivity index (χ1) is 12.1. The van der Waals surface area contributed by atoms with E-state index in [1.165, 1.54) is 0 Å². The number of aromatic nitrogens is 2. The molecule has 0 aliphatic rings.